The molecule has 34 heavy (non-hydrogen) atoms. The highest BCUT2D eigenvalue weighted by Crippen LogP contribution is 2.35. The second-order valence-electron chi connectivity index (χ2n) is 8.68. The van der Waals surface area contributed by atoms with Crippen molar-refractivity contribution in [3.8, 4) is 11.5 Å². The largest absolute Gasteiger partial charge is 0.486 e. The molecule has 5 rings (SSSR count). The number of ether oxygens (including phenoxy) is 2. The quantitative estimate of drug-likeness (QED) is 0.705. The summed E-state index contributed by atoms with van der Waals surface area (Å²) in [6, 6.07) is 14.3. The SMILES string of the molecule is Cc1ccc(C2NC(=O)N(C)C3=C2C(=O)N(CC(=O)NCC2COc4ccccc4O2)C3)cc1. The van der Waals surface area contributed by atoms with Crippen LogP contribution in [0.4, 0.5) is 4.79 Å². The van der Waals surface area contributed by atoms with Crippen LogP contribution in [0.2, 0.25) is 0 Å². The summed E-state index contributed by atoms with van der Waals surface area (Å²) < 4.78 is 11.5. The van der Waals surface area contributed by atoms with E-state index in [2.05, 4.69) is 10.6 Å². The Morgan fingerprint density at radius 2 is 1.85 bits per heavy atom. The number of carbonyl (C=O) groups excluding carboxylic acids is 3. The lowest BCUT2D eigenvalue weighted by atomic mass is 9.95. The van der Waals surface area contributed by atoms with E-state index in [9.17, 15) is 14.4 Å². The molecule has 3 aliphatic heterocycles. The highest BCUT2D eigenvalue weighted by Gasteiger charge is 2.43. The molecule has 0 aromatic heterocycles. The van der Waals surface area contributed by atoms with Gasteiger partial charge in [0, 0.05) is 7.05 Å². The van der Waals surface area contributed by atoms with Gasteiger partial charge in [-0.2, -0.15) is 0 Å². The molecule has 0 fully saturated rings. The number of likely N-dealkylation sites (N-methyl/N-ethyl adjacent to an activating group) is 1. The molecule has 2 aromatic carbocycles. The van der Waals surface area contributed by atoms with Crippen molar-refractivity contribution in [3.63, 3.8) is 0 Å². The zero-order valence-corrected chi connectivity index (χ0v) is 19.0. The zero-order valence-electron chi connectivity index (χ0n) is 19.0. The van der Waals surface area contributed by atoms with Crippen LogP contribution in [-0.2, 0) is 9.59 Å². The number of hydrogen-bond acceptors (Lipinski definition) is 5. The van der Waals surface area contributed by atoms with Crippen LogP contribution < -0.4 is 20.1 Å². The summed E-state index contributed by atoms with van der Waals surface area (Å²) in [6.07, 6.45) is -0.321. The fraction of sp³-hybridized carbons (Fsp3) is 0.320. The normalized spacial score (nSPS) is 21.4. The molecule has 3 aliphatic rings. The molecule has 0 bridgehead atoms. The molecule has 0 spiro atoms. The van der Waals surface area contributed by atoms with E-state index < -0.39 is 6.04 Å². The number of amides is 4. The van der Waals surface area contributed by atoms with E-state index in [-0.39, 0.29) is 43.6 Å². The maximum atomic E-state index is 13.3. The third kappa shape index (κ3) is 4.05. The molecule has 9 nitrogen and oxygen atoms in total. The number of nitrogens with zero attached hydrogens (tertiary/aromatic N) is 2. The van der Waals surface area contributed by atoms with Gasteiger partial charge in [0.25, 0.3) is 5.91 Å². The first-order valence-corrected chi connectivity index (χ1v) is 11.2. The minimum atomic E-state index is -0.548. The highest BCUT2D eigenvalue weighted by molar-refractivity contribution is 6.02. The fourth-order valence-electron chi connectivity index (χ4n) is 4.38. The molecular formula is C25H26N4O5. The van der Waals surface area contributed by atoms with Crippen molar-refractivity contribution in [3.05, 3.63) is 70.9 Å². The second-order valence-corrected chi connectivity index (χ2v) is 8.68. The van der Waals surface area contributed by atoms with Gasteiger partial charge in [-0.25, -0.2) is 4.79 Å². The van der Waals surface area contributed by atoms with Crippen LogP contribution in [0.3, 0.4) is 0 Å². The molecule has 2 atom stereocenters. The standard InChI is InChI=1S/C25H26N4O5/c1-15-7-9-16(10-8-15)23-22-18(28(2)25(32)27-23)12-29(24(22)31)13-21(30)26-11-17-14-33-19-5-3-4-6-20(19)34-17/h3-10,17,23H,11-14H2,1-2H3,(H,26,30)(H,27,32). The maximum absolute atomic E-state index is 13.3. The lowest BCUT2D eigenvalue weighted by molar-refractivity contribution is -0.132. The van der Waals surface area contributed by atoms with Crippen LogP contribution in [0, 0.1) is 6.92 Å². The zero-order chi connectivity index (χ0) is 23.8. The molecule has 2 aromatic rings. The van der Waals surface area contributed by atoms with Crippen LogP contribution in [0.1, 0.15) is 17.2 Å². The van der Waals surface area contributed by atoms with Crippen molar-refractivity contribution < 1.29 is 23.9 Å². The maximum Gasteiger partial charge on any atom is 0.322 e. The Hall–Kier alpha value is -4.01. The first-order chi connectivity index (χ1) is 16.4. The van der Waals surface area contributed by atoms with Gasteiger partial charge in [-0.3, -0.25) is 14.5 Å². The molecule has 3 heterocycles. The molecule has 9 heteroatoms. The molecule has 0 aliphatic carbocycles. The van der Waals surface area contributed by atoms with Crippen molar-refractivity contribution in [1.82, 2.24) is 20.4 Å². The van der Waals surface area contributed by atoms with E-state index in [1.54, 1.807) is 7.05 Å². The number of urea groups is 1. The van der Waals surface area contributed by atoms with E-state index in [1.165, 1.54) is 9.80 Å². The molecular weight excluding hydrogens is 436 g/mol. The van der Waals surface area contributed by atoms with Gasteiger partial charge in [0.15, 0.2) is 11.5 Å². The lowest BCUT2D eigenvalue weighted by Gasteiger charge is -2.31. The topological polar surface area (TPSA) is 100 Å². The molecule has 0 saturated heterocycles. The number of aryl methyl sites for hydroxylation is 1. The molecule has 0 radical (unpaired) electrons. The third-order valence-corrected chi connectivity index (χ3v) is 6.27. The number of fused-ring (bicyclic) bond motifs is 1. The first kappa shape index (κ1) is 21.8. The van der Waals surface area contributed by atoms with Crippen molar-refractivity contribution >= 4 is 17.8 Å². The second kappa shape index (κ2) is 8.74. The first-order valence-electron chi connectivity index (χ1n) is 11.2. The number of para-hydroxylation sites is 2. The molecule has 2 unspecified atom stereocenters. The van der Waals surface area contributed by atoms with Crippen molar-refractivity contribution in [2.24, 2.45) is 0 Å². The highest BCUT2D eigenvalue weighted by atomic mass is 16.6. The number of nitrogens with one attached hydrogen (secondary N) is 2. The summed E-state index contributed by atoms with van der Waals surface area (Å²) in [4.78, 5) is 41.4. The molecule has 2 N–H and O–H groups in total. The summed E-state index contributed by atoms with van der Waals surface area (Å²) in [5, 5.41) is 5.73. The predicted octanol–water partition coefficient (Wildman–Crippen LogP) is 1.74. The monoisotopic (exact) mass is 462 g/mol. The van der Waals surface area contributed by atoms with E-state index in [1.807, 2.05) is 55.5 Å². The summed E-state index contributed by atoms with van der Waals surface area (Å²) in [6.45, 7) is 2.65. The van der Waals surface area contributed by atoms with E-state index in [4.69, 9.17) is 9.47 Å². The number of rotatable bonds is 5. The summed E-state index contributed by atoms with van der Waals surface area (Å²) in [5.41, 5.74) is 3.03. The van der Waals surface area contributed by atoms with Gasteiger partial charge >= 0.3 is 6.03 Å². The van der Waals surface area contributed by atoms with Gasteiger partial charge in [0.2, 0.25) is 5.91 Å². The summed E-state index contributed by atoms with van der Waals surface area (Å²) in [7, 11) is 1.63. The van der Waals surface area contributed by atoms with Crippen LogP contribution in [0.25, 0.3) is 0 Å². The van der Waals surface area contributed by atoms with Gasteiger partial charge in [-0.15, -0.1) is 0 Å². The fourth-order valence-corrected chi connectivity index (χ4v) is 4.38. The van der Waals surface area contributed by atoms with E-state index >= 15 is 0 Å². The molecule has 0 saturated carbocycles. The number of benzene rings is 2. The lowest BCUT2D eigenvalue weighted by Crippen LogP contribution is -2.45. The van der Waals surface area contributed by atoms with Gasteiger partial charge in [0.05, 0.1) is 30.4 Å². The Labute approximate surface area is 197 Å². The van der Waals surface area contributed by atoms with Crippen LogP contribution in [0.5, 0.6) is 11.5 Å². The predicted molar refractivity (Wildman–Crippen MR) is 123 cm³/mol. The van der Waals surface area contributed by atoms with Gasteiger partial charge in [-0.1, -0.05) is 42.0 Å². The van der Waals surface area contributed by atoms with Gasteiger partial charge in [-0.05, 0) is 24.6 Å². The Morgan fingerprint density at radius 1 is 1.12 bits per heavy atom. The Morgan fingerprint density at radius 3 is 2.62 bits per heavy atom. The minimum absolute atomic E-state index is 0.112. The number of hydrogen-bond donors (Lipinski definition) is 2. The van der Waals surface area contributed by atoms with Crippen LogP contribution in [0.15, 0.2) is 59.8 Å². The minimum Gasteiger partial charge on any atom is -0.486 e. The molecule has 4 amide bonds. The van der Waals surface area contributed by atoms with Gasteiger partial charge < -0.3 is 25.0 Å². The summed E-state index contributed by atoms with van der Waals surface area (Å²) >= 11 is 0. The average molecular weight is 463 g/mol. The van der Waals surface area contributed by atoms with Crippen molar-refractivity contribution in [1.29, 1.82) is 0 Å². The molecule has 176 valence electrons. The van der Waals surface area contributed by atoms with Gasteiger partial charge in [0.1, 0.15) is 19.3 Å². The smallest absolute Gasteiger partial charge is 0.322 e. The average Bonchev–Trinajstić information content (AvgIpc) is 3.16. The van der Waals surface area contributed by atoms with Crippen molar-refractivity contribution in [2.45, 2.75) is 19.1 Å². The summed E-state index contributed by atoms with van der Waals surface area (Å²) in [5.74, 6) is 0.764. The van der Waals surface area contributed by atoms with Crippen LogP contribution in [-0.4, -0.2) is 67.0 Å². The Balaban J connectivity index is 1.23. The number of carbonyl (C=O) groups is 3. The third-order valence-electron chi connectivity index (χ3n) is 6.27. The van der Waals surface area contributed by atoms with E-state index in [0.717, 1.165) is 11.1 Å². The van der Waals surface area contributed by atoms with E-state index in [0.29, 0.717) is 29.4 Å². The Bertz CT molecular complexity index is 1180. The van der Waals surface area contributed by atoms with Crippen molar-refractivity contribution in [2.75, 3.05) is 33.3 Å². The Kier molecular flexibility index (Phi) is 5.61. The van der Waals surface area contributed by atoms with Crippen LogP contribution >= 0.6 is 0 Å².